The Labute approximate surface area is 182 Å². The van der Waals surface area contributed by atoms with E-state index in [9.17, 15) is 5.11 Å². The second-order valence-corrected chi connectivity index (χ2v) is 7.30. The van der Waals surface area contributed by atoms with Crippen molar-refractivity contribution in [2.45, 2.75) is 18.6 Å². The summed E-state index contributed by atoms with van der Waals surface area (Å²) in [5.74, 6) is 2.38. The number of para-hydroxylation sites is 1. The Morgan fingerprint density at radius 1 is 0.871 bits per heavy atom. The molecule has 1 aliphatic rings. The number of nitrogens with one attached hydrogen (secondary N) is 1. The van der Waals surface area contributed by atoms with E-state index in [2.05, 4.69) is 5.32 Å². The van der Waals surface area contributed by atoms with Crippen molar-refractivity contribution in [2.24, 2.45) is 4.99 Å². The highest BCUT2D eigenvalue weighted by atomic mass is 16.5. The van der Waals surface area contributed by atoms with Crippen molar-refractivity contribution in [3.05, 3.63) is 83.4 Å². The van der Waals surface area contributed by atoms with Crippen LogP contribution in [0, 0.1) is 0 Å². The molecule has 0 bridgehead atoms. The number of benzene rings is 3. The van der Waals surface area contributed by atoms with Crippen LogP contribution >= 0.6 is 0 Å². The highest BCUT2D eigenvalue weighted by molar-refractivity contribution is 6.01. The summed E-state index contributed by atoms with van der Waals surface area (Å²) in [5.41, 5.74) is 3.76. The molecular weight excluding hydrogens is 392 g/mol. The summed E-state index contributed by atoms with van der Waals surface area (Å²) in [5, 5.41) is 14.0. The summed E-state index contributed by atoms with van der Waals surface area (Å²) in [6.45, 7) is 0. The summed E-state index contributed by atoms with van der Waals surface area (Å²) < 4.78 is 16.1. The molecule has 2 atom stereocenters. The number of phenolic OH excluding ortho intramolecular Hbond substituents is 1. The number of nitrogens with zero attached hydrogens (tertiary/aromatic N) is 1. The van der Waals surface area contributed by atoms with Gasteiger partial charge in [0.2, 0.25) is 0 Å². The average Bonchev–Trinajstić information content (AvgIpc) is 2.83. The molecule has 0 saturated heterocycles. The van der Waals surface area contributed by atoms with Crippen molar-refractivity contribution in [3.63, 3.8) is 0 Å². The highest BCUT2D eigenvalue weighted by Crippen LogP contribution is 2.37. The number of methoxy groups -OCH3 is 3. The Hall–Kier alpha value is -3.51. The third-order valence-electron chi connectivity index (χ3n) is 5.50. The molecule has 2 N–H and O–H groups in total. The predicted octanol–water partition coefficient (Wildman–Crippen LogP) is 4.64. The van der Waals surface area contributed by atoms with E-state index in [4.69, 9.17) is 19.2 Å². The summed E-state index contributed by atoms with van der Waals surface area (Å²) in [4.78, 5) is 5.00. The van der Waals surface area contributed by atoms with Crippen LogP contribution in [-0.4, -0.2) is 32.1 Å². The van der Waals surface area contributed by atoms with Gasteiger partial charge in [-0.15, -0.1) is 0 Å². The zero-order valence-corrected chi connectivity index (χ0v) is 17.8. The van der Waals surface area contributed by atoms with Crippen molar-refractivity contribution in [2.75, 3.05) is 21.3 Å². The molecule has 0 saturated carbocycles. The van der Waals surface area contributed by atoms with E-state index in [0.29, 0.717) is 17.9 Å². The van der Waals surface area contributed by atoms with Crippen molar-refractivity contribution in [1.29, 1.82) is 0 Å². The number of hydrogen-bond donors (Lipinski definition) is 2. The molecule has 0 aliphatic carbocycles. The largest absolute Gasteiger partial charge is 0.508 e. The molecule has 6 heteroatoms. The van der Waals surface area contributed by atoms with Crippen LogP contribution in [0.1, 0.15) is 35.3 Å². The summed E-state index contributed by atoms with van der Waals surface area (Å²) in [6.07, 6.45) is 0.337. The lowest BCUT2D eigenvalue weighted by Gasteiger charge is -2.31. The Bertz CT molecular complexity index is 1080. The SMILES string of the molecule is COc1ccc(C2=N[C@H](c3ccc(OC)c(OC)c3)N[C@@H](c3ccccc3O)C2)cc1. The molecule has 0 amide bonds. The lowest BCUT2D eigenvalue weighted by Crippen LogP contribution is -2.33. The molecule has 0 aromatic heterocycles. The molecule has 0 spiro atoms. The number of rotatable bonds is 6. The van der Waals surface area contributed by atoms with Crippen molar-refractivity contribution in [1.82, 2.24) is 5.32 Å². The maximum absolute atomic E-state index is 10.5. The maximum atomic E-state index is 10.5. The standard InChI is InChI=1S/C25H26N2O4/c1-29-18-11-8-16(9-12-18)20-15-21(19-6-4-5-7-22(19)28)27-25(26-20)17-10-13-23(30-2)24(14-17)31-3/h4-14,21,25,27-28H,15H2,1-3H3/t21-,25+/m1/s1. The zero-order chi connectivity index (χ0) is 21.8. The summed E-state index contributed by atoms with van der Waals surface area (Å²) in [6, 6.07) is 21.0. The van der Waals surface area contributed by atoms with Crippen molar-refractivity contribution < 1.29 is 19.3 Å². The molecule has 31 heavy (non-hydrogen) atoms. The van der Waals surface area contributed by atoms with Gasteiger partial charge in [0.15, 0.2) is 11.5 Å². The van der Waals surface area contributed by atoms with Gasteiger partial charge in [0.25, 0.3) is 0 Å². The third-order valence-corrected chi connectivity index (χ3v) is 5.50. The molecule has 160 valence electrons. The van der Waals surface area contributed by atoms with Crippen molar-refractivity contribution in [3.8, 4) is 23.0 Å². The van der Waals surface area contributed by atoms with Crippen LogP contribution in [0.4, 0.5) is 0 Å². The monoisotopic (exact) mass is 418 g/mol. The van der Waals surface area contributed by atoms with Crippen LogP contribution in [0.3, 0.4) is 0 Å². The number of phenols is 1. The molecule has 0 radical (unpaired) electrons. The molecule has 0 unspecified atom stereocenters. The van der Waals surface area contributed by atoms with Crippen LogP contribution in [0.25, 0.3) is 0 Å². The Morgan fingerprint density at radius 3 is 2.29 bits per heavy atom. The van der Waals surface area contributed by atoms with E-state index in [0.717, 1.165) is 28.2 Å². The molecule has 6 nitrogen and oxygen atoms in total. The van der Waals surface area contributed by atoms with Crippen molar-refractivity contribution >= 4 is 5.71 Å². The van der Waals surface area contributed by atoms with E-state index >= 15 is 0 Å². The second-order valence-electron chi connectivity index (χ2n) is 7.30. The first-order valence-electron chi connectivity index (χ1n) is 10.1. The van der Waals surface area contributed by atoms with Crippen LogP contribution in [0.2, 0.25) is 0 Å². The van der Waals surface area contributed by atoms with Crippen LogP contribution < -0.4 is 19.5 Å². The fourth-order valence-corrected chi connectivity index (χ4v) is 3.84. The van der Waals surface area contributed by atoms with E-state index in [1.165, 1.54) is 0 Å². The number of hydrogen-bond acceptors (Lipinski definition) is 6. The molecular formula is C25H26N2O4. The molecule has 1 heterocycles. The minimum absolute atomic E-state index is 0.103. The van der Waals surface area contributed by atoms with Gasteiger partial charge in [-0.1, -0.05) is 24.3 Å². The Morgan fingerprint density at radius 2 is 1.61 bits per heavy atom. The first kappa shape index (κ1) is 20.8. The quantitative estimate of drug-likeness (QED) is 0.610. The van der Waals surface area contributed by atoms with Crippen LogP contribution in [0.15, 0.2) is 71.7 Å². The van der Waals surface area contributed by atoms with E-state index in [-0.39, 0.29) is 18.0 Å². The lowest BCUT2D eigenvalue weighted by atomic mass is 9.93. The van der Waals surface area contributed by atoms with Gasteiger partial charge in [-0.3, -0.25) is 10.3 Å². The fraction of sp³-hybridized carbons (Fsp3) is 0.240. The van der Waals surface area contributed by atoms with E-state index in [1.54, 1.807) is 27.4 Å². The molecule has 4 rings (SSSR count). The Balaban J connectivity index is 1.75. The predicted molar refractivity (Wildman–Crippen MR) is 120 cm³/mol. The maximum Gasteiger partial charge on any atom is 0.161 e. The van der Waals surface area contributed by atoms with E-state index < -0.39 is 0 Å². The zero-order valence-electron chi connectivity index (χ0n) is 17.8. The molecule has 3 aromatic carbocycles. The van der Waals surface area contributed by atoms with Gasteiger partial charge in [-0.2, -0.15) is 0 Å². The van der Waals surface area contributed by atoms with E-state index in [1.807, 2.05) is 60.7 Å². The normalized spacial score (nSPS) is 18.2. The smallest absolute Gasteiger partial charge is 0.161 e. The fourth-order valence-electron chi connectivity index (χ4n) is 3.84. The number of aliphatic imine (C=N–C) groups is 1. The minimum atomic E-state index is -0.310. The Kier molecular flexibility index (Phi) is 6.09. The minimum Gasteiger partial charge on any atom is -0.508 e. The highest BCUT2D eigenvalue weighted by Gasteiger charge is 2.28. The molecule has 3 aromatic rings. The topological polar surface area (TPSA) is 72.3 Å². The van der Waals surface area contributed by atoms with Gasteiger partial charge >= 0.3 is 0 Å². The van der Waals surface area contributed by atoms with Gasteiger partial charge in [-0.25, -0.2) is 0 Å². The summed E-state index contributed by atoms with van der Waals surface area (Å²) in [7, 11) is 4.88. The number of aromatic hydroxyl groups is 1. The average molecular weight is 418 g/mol. The van der Waals surface area contributed by atoms with Crippen LogP contribution in [-0.2, 0) is 0 Å². The second kappa shape index (κ2) is 9.10. The summed E-state index contributed by atoms with van der Waals surface area (Å²) >= 11 is 0. The molecule has 1 aliphatic heterocycles. The third kappa shape index (κ3) is 4.34. The van der Waals surface area contributed by atoms with Gasteiger partial charge in [0, 0.05) is 23.7 Å². The number of ether oxygens (including phenoxy) is 3. The molecule has 0 fully saturated rings. The first-order chi connectivity index (χ1) is 15.1. The lowest BCUT2D eigenvalue weighted by molar-refractivity contribution is 0.353. The first-order valence-corrected chi connectivity index (χ1v) is 10.1. The van der Waals surface area contributed by atoms with Gasteiger partial charge in [0.1, 0.15) is 17.7 Å². The van der Waals surface area contributed by atoms with Gasteiger partial charge in [0.05, 0.1) is 21.3 Å². The van der Waals surface area contributed by atoms with Gasteiger partial charge in [-0.05, 0) is 53.6 Å². The van der Waals surface area contributed by atoms with Crippen LogP contribution in [0.5, 0.6) is 23.0 Å². The van der Waals surface area contributed by atoms with Gasteiger partial charge < -0.3 is 19.3 Å².